The van der Waals surface area contributed by atoms with Crippen molar-refractivity contribution in [1.29, 1.82) is 0 Å². The van der Waals surface area contributed by atoms with Gasteiger partial charge in [-0.25, -0.2) is 17.9 Å². The minimum absolute atomic E-state index is 0.0312. The lowest BCUT2D eigenvalue weighted by Gasteiger charge is -2.28. The van der Waals surface area contributed by atoms with Crippen LogP contribution in [-0.4, -0.2) is 25.5 Å². The maximum atomic E-state index is 12.2. The number of hydrogen-bond acceptors (Lipinski definition) is 4. The first kappa shape index (κ1) is 16.5. The van der Waals surface area contributed by atoms with E-state index in [1.165, 1.54) is 24.3 Å². The topological polar surface area (TPSA) is 83.5 Å². The summed E-state index contributed by atoms with van der Waals surface area (Å²) in [5.74, 6) is -0.378. The summed E-state index contributed by atoms with van der Waals surface area (Å²) in [4.78, 5) is 10.9. The highest BCUT2D eigenvalue weighted by atomic mass is 32.2. The highest BCUT2D eigenvalue weighted by Crippen LogP contribution is 2.29. The van der Waals surface area contributed by atoms with Crippen molar-refractivity contribution in [3.8, 4) is 0 Å². The predicted octanol–water partition coefficient (Wildman–Crippen LogP) is 3.08. The van der Waals surface area contributed by atoms with Gasteiger partial charge in [-0.05, 0) is 37.7 Å². The van der Waals surface area contributed by atoms with Crippen molar-refractivity contribution in [2.24, 2.45) is 5.92 Å². The number of aromatic carboxylic acids is 1. The second kappa shape index (κ2) is 6.89. The van der Waals surface area contributed by atoms with Gasteiger partial charge < -0.3 is 5.11 Å². The largest absolute Gasteiger partial charge is 0.477 e. The summed E-state index contributed by atoms with van der Waals surface area (Å²) >= 11 is 0.935. The lowest BCUT2D eigenvalue weighted by Crippen LogP contribution is -2.37. The van der Waals surface area contributed by atoms with Gasteiger partial charge in [0.1, 0.15) is 4.88 Å². The molecule has 0 aliphatic heterocycles. The quantitative estimate of drug-likeness (QED) is 0.839. The number of carboxylic acids is 1. The van der Waals surface area contributed by atoms with E-state index in [2.05, 4.69) is 11.6 Å². The molecule has 2 N–H and O–H groups in total. The molecule has 0 radical (unpaired) electrons. The van der Waals surface area contributed by atoms with Gasteiger partial charge in [-0.15, -0.1) is 11.3 Å². The van der Waals surface area contributed by atoms with Gasteiger partial charge in [0, 0.05) is 11.4 Å². The predicted molar refractivity (Wildman–Crippen MR) is 82.3 cm³/mol. The number of nitrogens with one attached hydrogen (secondary N) is 1. The Morgan fingerprint density at radius 2 is 2.05 bits per heavy atom. The molecule has 1 aliphatic carbocycles. The molecular formula is C14H21NO4S2. The standard InChI is InChI=1S/C14H21NO4S2/c1-2-3-10-4-6-11(7-5-10)15-21(18,19)12-8-13(14(16)17)20-9-12/h8-11,15H,2-7H2,1H3,(H,16,17). The molecule has 5 nitrogen and oxygen atoms in total. The number of carboxylic acid groups (broad SMARTS) is 1. The van der Waals surface area contributed by atoms with Gasteiger partial charge in [0.25, 0.3) is 0 Å². The van der Waals surface area contributed by atoms with Crippen LogP contribution in [0.1, 0.15) is 55.1 Å². The summed E-state index contributed by atoms with van der Waals surface area (Å²) in [6.45, 7) is 2.17. The lowest BCUT2D eigenvalue weighted by atomic mass is 9.84. The molecular weight excluding hydrogens is 310 g/mol. The van der Waals surface area contributed by atoms with E-state index in [1.54, 1.807) is 0 Å². The van der Waals surface area contributed by atoms with E-state index in [0.29, 0.717) is 0 Å². The van der Waals surface area contributed by atoms with E-state index < -0.39 is 16.0 Å². The minimum Gasteiger partial charge on any atom is -0.477 e. The first-order valence-electron chi connectivity index (χ1n) is 7.26. The minimum atomic E-state index is -3.61. The molecule has 1 saturated carbocycles. The van der Waals surface area contributed by atoms with E-state index in [4.69, 9.17) is 5.11 Å². The van der Waals surface area contributed by atoms with Crippen molar-refractivity contribution in [1.82, 2.24) is 4.72 Å². The average molecular weight is 331 g/mol. The number of rotatable bonds is 6. The third-order valence-electron chi connectivity index (χ3n) is 3.96. The monoisotopic (exact) mass is 331 g/mol. The molecule has 0 atom stereocenters. The van der Waals surface area contributed by atoms with Gasteiger partial charge in [-0.3, -0.25) is 0 Å². The van der Waals surface area contributed by atoms with Crippen LogP contribution in [0.3, 0.4) is 0 Å². The first-order valence-corrected chi connectivity index (χ1v) is 9.63. The zero-order valence-electron chi connectivity index (χ0n) is 12.0. The van der Waals surface area contributed by atoms with Crippen LogP contribution in [0.25, 0.3) is 0 Å². The van der Waals surface area contributed by atoms with Crippen molar-refractivity contribution in [2.75, 3.05) is 0 Å². The Hall–Kier alpha value is -0.920. The molecule has 1 heterocycles. The van der Waals surface area contributed by atoms with E-state index in [1.807, 2.05) is 0 Å². The molecule has 0 unspecified atom stereocenters. The van der Waals surface area contributed by atoms with Crippen molar-refractivity contribution < 1.29 is 18.3 Å². The summed E-state index contributed by atoms with van der Waals surface area (Å²) < 4.78 is 27.2. The molecule has 21 heavy (non-hydrogen) atoms. The molecule has 0 spiro atoms. The van der Waals surface area contributed by atoms with Crippen molar-refractivity contribution in [3.63, 3.8) is 0 Å². The highest BCUT2D eigenvalue weighted by molar-refractivity contribution is 7.89. The molecule has 118 valence electrons. The fourth-order valence-corrected chi connectivity index (χ4v) is 5.25. The summed E-state index contributed by atoms with van der Waals surface area (Å²) in [6, 6.07) is 1.19. The Bertz CT molecular complexity index is 586. The van der Waals surface area contributed by atoms with E-state index >= 15 is 0 Å². The van der Waals surface area contributed by atoms with Gasteiger partial charge in [-0.1, -0.05) is 19.8 Å². The Morgan fingerprint density at radius 3 is 2.57 bits per heavy atom. The number of hydrogen-bond donors (Lipinski definition) is 2. The Balaban J connectivity index is 1.96. The maximum absolute atomic E-state index is 12.2. The fraction of sp³-hybridized carbons (Fsp3) is 0.643. The summed E-state index contributed by atoms with van der Waals surface area (Å²) in [5, 5.41) is 10.2. The molecule has 0 aromatic carbocycles. The van der Waals surface area contributed by atoms with Crippen molar-refractivity contribution >= 4 is 27.3 Å². The van der Waals surface area contributed by atoms with Gasteiger partial charge >= 0.3 is 5.97 Å². The molecule has 0 amide bonds. The van der Waals surface area contributed by atoms with Crippen LogP contribution in [0.2, 0.25) is 0 Å². The first-order chi connectivity index (χ1) is 9.92. The molecule has 1 aromatic heterocycles. The Morgan fingerprint density at radius 1 is 1.38 bits per heavy atom. The zero-order valence-corrected chi connectivity index (χ0v) is 13.7. The summed E-state index contributed by atoms with van der Waals surface area (Å²) in [6.07, 6.45) is 6.23. The van der Waals surface area contributed by atoms with Crippen LogP contribution in [0.15, 0.2) is 16.3 Å². The van der Waals surface area contributed by atoms with Crippen LogP contribution < -0.4 is 4.72 Å². The number of carbonyl (C=O) groups is 1. The van der Waals surface area contributed by atoms with Crippen molar-refractivity contribution in [3.05, 3.63) is 16.3 Å². The normalized spacial score (nSPS) is 23.1. The third kappa shape index (κ3) is 4.28. The second-order valence-corrected chi connectivity index (χ2v) is 8.20. The number of sulfonamides is 1. The molecule has 7 heteroatoms. The molecule has 1 aliphatic rings. The van der Waals surface area contributed by atoms with Gasteiger partial charge in [-0.2, -0.15) is 0 Å². The van der Waals surface area contributed by atoms with Crippen LogP contribution in [0.5, 0.6) is 0 Å². The zero-order chi connectivity index (χ0) is 15.5. The lowest BCUT2D eigenvalue weighted by molar-refractivity contribution is 0.0702. The van der Waals surface area contributed by atoms with Crippen molar-refractivity contribution in [2.45, 2.75) is 56.4 Å². The second-order valence-electron chi connectivity index (χ2n) is 5.58. The van der Waals surface area contributed by atoms with Crippen LogP contribution in [0.4, 0.5) is 0 Å². The average Bonchev–Trinajstić information content (AvgIpc) is 2.92. The van der Waals surface area contributed by atoms with E-state index in [0.717, 1.165) is 42.9 Å². The maximum Gasteiger partial charge on any atom is 0.345 e. The van der Waals surface area contributed by atoms with Gasteiger partial charge in [0.15, 0.2) is 0 Å². The number of thiophene rings is 1. The summed E-state index contributed by atoms with van der Waals surface area (Å²) in [5.41, 5.74) is 0. The van der Waals surface area contributed by atoms with Gasteiger partial charge in [0.05, 0.1) is 4.90 Å². The molecule has 0 bridgehead atoms. The summed E-state index contributed by atoms with van der Waals surface area (Å²) in [7, 11) is -3.61. The fourth-order valence-electron chi connectivity index (χ4n) is 2.84. The van der Waals surface area contributed by atoms with E-state index in [-0.39, 0.29) is 15.8 Å². The molecule has 0 saturated heterocycles. The van der Waals surface area contributed by atoms with Crippen LogP contribution in [-0.2, 0) is 10.0 Å². The Labute approximate surface area is 129 Å². The smallest absolute Gasteiger partial charge is 0.345 e. The van der Waals surface area contributed by atoms with Crippen LogP contribution in [0, 0.1) is 5.92 Å². The molecule has 1 fully saturated rings. The van der Waals surface area contributed by atoms with Gasteiger partial charge in [0.2, 0.25) is 10.0 Å². The molecule has 1 aromatic rings. The third-order valence-corrected chi connectivity index (χ3v) is 6.53. The molecule has 2 rings (SSSR count). The van der Waals surface area contributed by atoms with E-state index in [9.17, 15) is 13.2 Å². The Kier molecular flexibility index (Phi) is 5.40. The highest BCUT2D eigenvalue weighted by Gasteiger charge is 2.26. The van der Waals surface area contributed by atoms with Crippen LogP contribution >= 0.6 is 11.3 Å². The SMILES string of the molecule is CCCC1CCC(NS(=O)(=O)c2csc(C(=O)O)c2)CC1.